The second kappa shape index (κ2) is 6.50. The number of aliphatic hydroxyl groups is 1. The smallest absolute Gasteiger partial charge is 0.128 e. The minimum absolute atomic E-state index is 0.0459. The zero-order valence-electron chi connectivity index (χ0n) is 8.53. The molecular formula is C11H16FNO2. The lowest BCUT2D eigenvalue weighted by atomic mass is 10.2. The van der Waals surface area contributed by atoms with Crippen molar-refractivity contribution >= 4 is 0 Å². The molecule has 0 fully saturated rings. The van der Waals surface area contributed by atoms with E-state index in [2.05, 4.69) is 0 Å². The number of hydrogen-bond acceptors (Lipinski definition) is 3. The molecule has 1 aromatic carbocycles. The number of rotatable bonds is 6. The van der Waals surface area contributed by atoms with Crippen LogP contribution in [0.5, 0.6) is 0 Å². The van der Waals surface area contributed by atoms with Crippen molar-refractivity contribution in [1.82, 2.24) is 0 Å². The SMILES string of the molecule is NC(CCO)COCc1ccccc1F. The molecule has 84 valence electrons. The first-order valence-corrected chi connectivity index (χ1v) is 4.91. The molecule has 0 radical (unpaired) electrons. The number of nitrogens with two attached hydrogens (primary N) is 1. The maximum atomic E-state index is 13.1. The number of aliphatic hydroxyl groups excluding tert-OH is 1. The molecule has 4 heteroatoms. The Morgan fingerprint density at radius 1 is 1.40 bits per heavy atom. The first-order valence-electron chi connectivity index (χ1n) is 4.91. The Morgan fingerprint density at radius 3 is 2.80 bits per heavy atom. The number of halogens is 1. The third kappa shape index (κ3) is 4.38. The molecule has 0 amide bonds. The van der Waals surface area contributed by atoms with Crippen molar-refractivity contribution < 1.29 is 14.2 Å². The average Bonchev–Trinajstić information content (AvgIpc) is 2.21. The molecule has 15 heavy (non-hydrogen) atoms. The lowest BCUT2D eigenvalue weighted by molar-refractivity contribution is 0.0983. The van der Waals surface area contributed by atoms with Crippen molar-refractivity contribution in [3.63, 3.8) is 0 Å². The molecule has 0 heterocycles. The maximum Gasteiger partial charge on any atom is 0.128 e. The average molecular weight is 213 g/mol. The van der Waals surface area contributed by atoms with Gasteiger partial charge in [-0.15, -0.1) is 0 Å². The van der Waals surface area contributed by atoms with Crippen LogP contribution < -0.4 is 5.73 Å². The van der Waals surface area contributed by atoms with Crippen molar-refractivity contribution in [3.8, 4) is 0 Å². The van der Waals surface area contributed by atoms with Crippen LogP contribution in [0.4, 0.5) is 4.39 Å². The second-order valence-corrected chi connectivity index (χ2v) is 3.38. The quantitative estimate of drug-likeness (QED) is 0.742. The molecule has 0 aromatic heterocycles. The van der Waals surface area contributed by atoms with Crippen molar-refractivity contribution in [1.29, 1.82) is 0 Å². The summed E-state index contributed by atoms with van der Waals surface area (Å²) in [5, 5.41) is 8.60. The summed E-state index contributed by atoms with van der Waals surface area (Å²) in [6.07, 6.45) is 0.497. The Labute approximate surface area is 88.7 Å². The molecule has 1 unspecified atom stereocenters. The van der Waals surface area contributed by atoms with Crippen LogP contribution >= 0.6 is 0 Å². The highest BCUT2D eigenvalue weighted by Gasteiger charge is 2.04. The van der Waals surface area contributed by atoms with Gasteiger partial charge in [-0.3, -0.25) is 0 Å². The summed E-state index contributed by atoms with van der Waals surface area (Å²) in [7, 11) is 0. The summed E-state index contributed by atoms with van der Waals surface area (Å²) in [6.45, 7) is 0.588. The monoisotopic (exact) mass is 213 g/mol. The summed E-state index contributed by atoms with van der Waals surface area (Å²) in [4.78, 5) is 0. The van der Waals surface area contributed by atoms with Crippen molar-refractivity contribution in [3.05, 3.63) is 35.6 Å². The van der Waals surface area contributed by atoms with Gasteiger partial charge in [0.2, 0.25) is 0 Å². The zero-order chi connectivity index (χ0) is 11.1. The first-order chi connectivity index (χ1) is 7.24. The molecule has 1 aromatic rings. The highest BCUT2D eigenvalue weighted by Crippen LogP contribution is 2.07. The summed E-state index contributed by atoms with van der Waals surface area (Å²) < 4.78 is 18.3. The maximum absolute atomic E-state index is 13.1. The largest absolute Gasteiger partial charge is 0.396 e. The van der Waals surface area contributed by atoms with Gasteiger partial charge >= 0.3 is 0 Å². The highest BCUT2D eigenvalue weighted by atomic mass is 19.1. The van der Waals surface area contributed by atoms with Gasteiger partial charge in [0, 0.05) is 18.2 Å². The van der Waals surface area contributed by atoms with E-state index in [-0.39, 0.29) is 25.1 Å². The summed E-state index contributed by atoms with van der Waals surface area (Å²) in [5.41, 5.74) is 6.13. The Kier molecular flexibility index (Phi) is 5.25. The second-order valence-electron chi connectivity index (χ2n) is 3.38. The fraction of sp³-hybridized carbons (Fsp3) is 0.455. The molecule has 0 aliphatic heterocycles. The van der Waals surface area contributed by atoms with Crippen molar-refractivity contribution in [2.75, 3.05) is 13.2 Å². The van der Waals surface area contributed by atoms with Crippen LogP contribution in [0.3, 0.4) is 0 Å². The Balaban J connectivity index is 2.29. The first kappa shape index (κ1) is 12.1. The Morgan fingerprint density at radius 2 is 2.13 bits per heavy atom. The van der Waals surface area contributed by atoms with E-state index in [9.17, 15) is 4.39 Å². The van der Waals surface area contributed by atoms with Crippen LogP contribution in [0.25, 0.3) is 0 Å². The molecule has 0 aliphatic carbocycles. The van der Waals surface area contributed by atoms with E-state index in [1.165, 1.54) is 6.07 Å². The van der Waals surface area contributed by atoms with E-state index in [1.807, 2.05) is 0 Å². The van der Waals surface area contributed by atoms with Gasteiger partial charge in [-0.25, -0.2) is 4.39 Å². The van der Waals surface area contributed by atoms with Gasteiger partial charge in [-0.05, 0) is 12.5 Å². The van der Waals surface area contributed by atoms with Crippen LogP contribution in [-0.4, -0.2) is 24.4 Å². The lowest BCUT2D eigenvalue weighted by Crippen LogP contribution is -2.27. The van der Waals surface area contributed by atoms with E-state index >= 15 is 0 Å². The minimum Gasteiger partial charge on any atom is -0.396 e. The van der Waals surface area contributed by atoms with Crippen molar-refractivity contribution in [2.45, 2.75) is 19.1 Å². The van der Waals surface area contributed by atoms with E-state index in [0.29, 0.717) is 18.6 Å². The fourth-order valence-corrected chi connectivity index (χ4v) is 1.18. The molecule has 0 aliphatic rings. The fourth-order valence-electron chi connectivity index (χ4n) is 1.18. The third-order valence-electron chi connectivity index (χ3n) is 2.05. The van der Waals surface area contributed by atoms with Gasteiger partial charge in [0.1, 0.15) is 5.82 Å². The molecule has 1 rings (SSSR count). The van der Waals surface area contributed by atoms with Crippen LogP contribution in [0, 0.1) is 5.82 Å². The third-order valence-corrected chi connectivity index (χ3v) is 2.05. The van der Waals surface area contributed by atoms with Crippen LogP contribution in [-0.2, 0) is 11.3 Å². The molecule has 3 nitrogen and oxygen atoms in total. The number of ether oxygens (including phenoxy) is 1. The zero-order valence-corrected chi connectivity index (χ0v) is 8.53. The normalized spacial score (nSPS) is 12.7. The molecule has 1 atom stereocenters. The van der Waals surface area contributed by atoms with Crippen LogP contribution in [0.2, 0.25) is 0 Å². The molecular weight excluding hydrogens is 197 g/mol. The summed E-state index contributed by atoms with van der Waals surface area (Å²) >= 11 is 0. The summed E-state index contributed by atoms with van der Waals surface area (Å²) in [6, 6.07) is 6.27. The van der Waals surface area contributed by atoms with Gasteiger partial charge in [-0.1, -0.05) is 18.2 Å². The predicted octanol–water partition coefficient (Wildman–Crippen LogP) is 1.05. The van der Waals surface area contributed by atoms with Gasteiger partial charge in [0.25, 0.3) is 0 Å². The number of hydrogen-bond donors (Lipinski definition) is 2. The topological polar surface area (TPSA) is 55.5 Å². The predicted molar refractivity (Wildman–Crippen MR) is 55.7 cm³/mol. The number of benzene rings is 1. The van der Waals surface area contributed by atoms with E-state index in [0.717, 1.165) is 0 Å². The summed E-state index contributed by atoms with van der Waals surface area (Å²) in [5.74, 6) is -0.270. The van der Waals surface area contributed by atoms with E-state index in [4.69, 9.17) is 15.6 Å². The Bertz CT molecular complexity index is 294. The highest BCUT2D eigenvalue weighted by molar-refractivity contribution is 5.16. The van der Waals surface area contributed by atoms with Gasteiger partial charge in [-0.2, -0.15) is 0 Å². The van der Waals surface area contributed by atoms with Gasteiger partial charge < -0.3 is 15.6 Å². The van der Waals surface area contributed by atoms with Crippen molar-refractivity contribution in [2.24, 2.45) is 5.73 Å². The molecule has 0 spiro atoms. The van der Waals surface area contributed by atoms with E-state index < -0.39 is 0 Å². The lowest BCUT2D eigenvalue weighted by Gasteiger charge is -2.10. The van der Waals surface area contributed by atoms with Crippen LogP contribution in [0.15, 0.2) is 24.3 Å². The molecule has 0 saturated heterocycles. The molecule has 0 saturated carbocycles. The standard InChI is InChI=1S/C11H16FNO2/c12-11-4-2-1-3-9(11)7-15-8-10(13)5-6-14/h1-4,10,14H,5-8,13H2. The minimum atomic E-state index is -0.270. The Hall–Kier alpha value is -0.970. The molecule has 0 bridgehead atoms. The van der Waals surface area contributed by atoms with Gasteiger partial charge in [0.05, 0.1) is 13.2 Å². The van der Waals surface area contributed by atoms with E-state index in [1.54, 1.807) is 18.2 Å². The van der Waals surface area contributed by atoms with Gasteiger partial charge in [0.15, 0.2) is 0 Å². The molecule has 3 N–H and O–H groups in total. The van der Waals surface area contributed by atoms with Crippen LogP contribution in [0.1, 0.15) is 12.0 Å².